The molecule has 0 atom stereocenters. The lowest BCUT2D eigenvalue weighted by Gasteiger charge is -2.01. The highest BCUT2D eigenvalue weighted by Gasteiger charge is 2.16. The summed E-state index contributed by atoms with van der Waals surface area (Å²) in [6, 6.07) is 2.88. The minimum atomic E-state index is -3.57. The van der Waals surface area contributed by atoms with Gasteiger partial charge >= 0.3 is 5.97 Å². The highest BCUT2D eigenvalue weighted by Crippen LogP contribution is 2.21. The number of carboxylic acids is 1. The van der Waals surface area contributed by atoms with Crippen molar-refractivity contribution in [2.24, 2.45) is 0 Å². The SMILES string of the molecule is C#CCCNS(=O)(=O)c1ccc(CC(=O)O)s1. The molecule has 92 valence electrons. The van der Waals surface area contributed by atoms with E-state index in [1.54, 1.807) is 0 Å². The van der Waals surface area contributed by atoms with Gasteiger partial charge in [0.25, 0.3) is 0 Å². The predicted octanol–water partition coefficient (Wildman–Crippen LogP) is 0.677. The Balaban J connectivity index is 2.75. The fraction of sp³-hybridized carbons (Fsp3) is 0.300. The topological polar surface area (TPSA) is 83.5 Å². The Bertz CT molecular complexity index is 539. The number of hydrogen-bond acceptors (Lipinski definition) is 4. The number of rotatable bonds is 6. The van der Waals surface area contributed by atoms with Crippen LogP contribution in [0, 0.1) is 12.3 Å². The minimum Gasteiger partial charge on any atom is -0.481 e. The Morgan fingerprint density at radius 1 is 1.53 bits per heavy atom. The van der Waals surface area contributed by atoms with Crippen molar-refractivity contribution in [1.29, 1.82) is 0 Å². The third-order valence-electron chi connectivity index (χ3n) is 1.79. The molecule has 0 fully saturated rings. The molecule has 0 unspecified atom stereocenters. The van der Waals surface area contributed by atoms with E-state index in [1.807, 2.05) is 0 Å². The van der Waals surface area contributed by atoms with Crippen molar-refractivity contribution in [1.82, 2.24) is 4.72 Å². The molecule has 0 amide bonds. The van der Waals surface area contributed by atoms with Crippen LogP contribution in [0.15, 0.2) is 16.3 Å². The highest BCUT2D eigenvalue weighted by molar-refractivity contribution is 7.91. The summed E-state index contributed by atoms with van der Waals surface area (Å²) in [4.78, 5) is 11.0. The zero-order valence-electron chi connectivity index (χ0n) is 8.84. The van der Waals surface area contributed by atoms with Gasteiger partial charge in [-0.2, -0.15) is 0 Å². The van der Waals surface area contributed by atoms with Crippen LogP contribution >= 0.6 is 11.3 Å². The van der Waals surface area contributed by atoms with E-state index in [9.17, 15) is 13.2 Å². The van der Waals surface area contributed by atoms with E-state index in [2.05, 4.69) is 10.6 Å². The summed E-state index contributed by atoms with van der Waals surface area (Å²) in [5, 5.41) is 8.57. The molecule has 1 aromatic rings. The molecule has 0 radical (unpaired) electrons. The maximum atomic E-state index is 11.7. The maximum Gasteiger partial charge on any atom is 0.308 e. The van der Waals surface area contributed by atoms with E-state index in [0.29, 0.717) is 11.3 Å². The number of hydrogen-bond donors (Lipinski definition) is 2. The van der Waals surface area contributed by atoms with E-state index in [1.165, 1.54) is 12.1 Å². The van der Waals surface area contributed by atoms with Gasteiger partial charge in [0.05, 0.1) is 6.42 Å². The molecule has 0 saturated heterocycles. The first-order valence-electron chi connectivity index (χ1n) is 4.69. The molecule has 0 spiro atoms. The van der Waals surface area contributed by atoms with Crippen LogP contribution in [0.4, 0.5) is 0 Å². The predicted molar refractivity (Wildman–Crippen MR) is 64.3 cm³/mol. The maximum absolute atomic E-state index is 11.7. The number of thiophene rings is 1. The quantitative estimate of drug-likeness (QED) is 0.589. The van der Waals surface area contributed by atoms with E-state index in [0.717, 1.165) is 11.3 Å². The normalized spacial score (nSPS) is 11.0. The van der Waals surface area contributed by atoms with Crippen molar-refractivity contribution in [2.45, 2.75) is 17.1 Å². The van der Waals surface area contributed by atoms with Gasteiger partial charge in [-0.3, -0.25) is 4.79 Å². The van der Waals surface area contributed by atoms with Crippen LogP contribution in [-0.2, 0) is 21.2 Å². The molecule has 0 aliphatic carbocycles. The van der Waals surface area contributed by atoms with Gasteiger partial charge in [0, 0.05) is 17.8 Å². The molecule has 2 N–H and O–H groups in total. The van der Waals surface area contributed by atoms with Crippen molar-refractivity contribution in [3.8, 4) is 12.3 Å². The van der Waals surface area contributed by atoms with Crippen LogP contribution in [-0.4, -0.2) is 26.0 Å². The molecular formula is C10H11NO4S2. The lowest BCUT2D eigenvalue weighted by atomic mass is 10.3. The second-order valence-corrected chi connectivity index (χ2v) is 6.31. The van der Waals surface area contributed by atoms with Crippen molar-refractivity contribution >= 4 is 27.3 Å². The molecule has 17 heavy (non-hydrogen) atoms. The Labute approximate surface area is 104 Å². The fourth-order valence-electron chi connectivity index (χ4n) is 1.08. The van der Waals surface area contributed by atoms with Crippen LogP contribution in [0.5, 0.6) is 0 Å². The van der Waals surface area contributed by atoms with Gasteiger partial charge in [0.2, 0.25) is 10.0 Å². The van der Waals surface area contributed by atoms with Crippen LogP contribution in [0.1, 0.15) is 11.3 Å². The van der Waals surface area contributed by atoms with Gasteiger partial charge in [-0.15, -0.1) is 23.7 Å². The van der Waals surface area contributed by atoms with Gasteiger partial charge < -0.3 is 5.11 Å². The number of aliphatic carboxylic acids is 1. The van der Waals surface area contributed by atoms with E-state index >= 15 is 0 Å². The van der Waals surface area contributed by atoms with Crippen LogP contribution in [0.25, 0.3) is 0 Å². The van der Waals surface area contributed by atoms with E-state index in [-0.39, 0.29) is 17.2 Å². The van der Waals surface area contributed by atoms with Gasteiger partial charge in [0.1, 0.15) is 4.21 Å². The number of sulfonamides is 1. The number of nitrogens with one attached hydrogen (secondary N) is 1. The molecule has 5 nitrogen and oxygen atoms in total. The first kappa shape index (κ1) is 13.7. The molecule has 0 aromatic carbocycles. The Morgan fingerprint density at radius 2 is 2.24 bits per heavy atom. The second kappa shape index (κ2) is 5.82. The van der Waals surface area contributed by atoms with Crippen LogP contribution < -0.4 is 4.72 Å². The largest absolute Gasteiger partial charge is 0.481 e. The smallest absolute Gasteiger partial charge is 0.308 e. The molecule has 1 rings (SSSR count). The fourth-order valence-corrected chi connectivity index (χ4v) is 3.50. The number of carboxylic acid groups (broad SMARTS) is 1. The Morgan fingerprint density at radius 3 is 2.82 bits per heavy atom. The zero-order chi connectivity index (χ0) is 12.9. The number of carbonyl (C=O) groups is 1. The summed E-state index contributed by atoms with van der Waals surface area (Å²) in [6.07, 6.45) is 5.14. The summed E-state index contributed by atoms with van der Waals surface area (Å²) in [5.41, 5.74) is 0. The summed E-state index contributed by atoms with van der Waals surface area (Å²) < 4.78 is 25.8. The van der Waals surface area contributed by atoms with Gasteiger partial charge in [-0.05, 0) is 12.1 Å². The van der Waals surface area contributed by atoms with Crippen LogP contribution in [0.2, 0.25) is 0 Å². The zero-order valence-corrected chi connectivity index (χ0v) is 10.5. The second-order valence-electron chi connectivity index (χ2n) is 3.14. The Hall–Kier alpha value is -1.36. The summed E-state index contributed by atoms with van der Waals surface area (Å²) in [5.74, 6) is 1.33. The van der Waals surface area contributed by atoms with E-state index < -0.39 is 16.0 Å². The third-order valence-corrected chi connectivity index (χ3v) is 4.83. The molecule has 0 aliphatic rings. The van der Waals surface area contributed by atoms with Gasteiger partial charge in [-0.1, -0.05) is 0 Å². The standard InChI is InChI=1S/C10H11NO4S2/c1-2-3-6-11-17(14,15)10-5-4-8(16-10)7-9(12)13/h1,4-5,11H,3,6-7H2,(H,12,13). The van der Waals surface area contributed by atoms with Crippen molar-refractivity contribution in [3.05, 3.63) is 17.0 Å². The molecule has 1 aromatic heterocycles. The van der Waals surface area contributed by atoms with Crippen molar-refractivity contribution in [2.75, 3.05) is 6.54 Å². The average Bonchev–Trinajstić information content (AvgIpc) is 2.66. The first-order valence-corrected chi connectivity index (χ1v) is 6.99. The third kappa shape index (κ3) is 4.19. The highest BCUT2D eigenvalue weighted by atomic mass is 32.2. The monoisotopic (exact) mass is 273 g/mol. The van der Waals surface area contributed by atoms with E-state index in [4.69, 9.17) is 11.5 Å². The summed E-state index contributed by atoms with van der Waals surface area (Å²) in [7, 11) is -3.57. The summed E-state index contributed by atoms with van der Waals surface area (Å²) in [6.45, 7) is 0.172. The Kier molecular flexibility index (Phi) is 4.69. The molecular weight excluding hydrogens is 262 g/mol. The average molecular weight is 273 g/mol. The van der Waals surface area contributed by atoms with Gasteiger partial charge in [0.15, 0.2) is 0 Å². The summed E-state index contributed by atoms with van der Waals surface area (Å²) >= 11 is 0.943. The molecule has 0 saturated carbocycles. The minimum absolute atomic E-state index is 0.103. The molecule has 0 bridgehead atoms. The van der Waals surface area contributed by atoms with Crippen molar-refractivity contribution in [3.63, 3.8) is 0 Å². The first-order chi connectivity index (χ1) is 7.95. The molecule has 0 aliphatic heterocycles. The van der Waals surface area contributed by atoms with Crippen LogP contribution in [0.3, 0.4) is 0 Å². The number of terminal acetylenes is 1. The van der Waals surface area contributed by atoms with Crippen molar-refractivity contribution < 1.29 is 18.3 Å². The lowest BCUT2D eigenvalue weighted by Crippen LogP contribution is -2.23. The van der Waals surface area contributed by atoms with Gasteiger partial charge in [-0.25, -0.2) is 13.1 Å². The lowest BCUT2D eigenvalue weighted by molar-refractivity contribution is -0.136. The molecule has 1 heterocycles. The molecule has 7 heteroatoms.